The number of fused-ring (bicyclic) bond motifs is 1. The second kappa shape index (κ2) is 6.50. The van der Waals surface area contributed by atoms with Crippen LogP contribution in [0.4, 0.5) is 5.13 Å². The first-order valence-corrected chi connectivity index (χ1v) is 8.36. The van der Waals surface area contributed by atoms with Gasteiger partial charge in [-0.3, -0.25) is 4.90 Å². The molecule has 0 atom stereocenters. The van der Waals surface area contributed by atoms with E-state index in [2.05, 4.69) is 16.0 Å². The molecule has 1 aromatic carbocycles. The topological polar surface area (TPSA) is 62.4 Å². The Morgan fingerprint density at radius 2 is 2.18 bits per heavy atom. The zero-order valence-corrected chi connectivity index (χ0v) is 13.6. The molecule has 22 heavy (non-hydrogen) atoms. The number of phenolic OH excluding ortho intramolecular Hbond substituents is 1. The van der Waals surface area contributed by atoms with Crippen LogP contribution in [-0.4, -0.2) is 34.6 Å². The summed E-state index contributed by atoms with van der Waals surface area (Å²) in [5, 5.41) is 10.5. The van der Waals surface area contributed by atoms with Crippen molar-refractivity contribution in [1.29, 1.82) is 0 Å². The van der Waals surface area contributed by atoms with Crippen molar-refractivity contribution < 1.29 is 5.11 Å². The molecule has 1 aliphatic rings. The summed E-state index contributed by atoms with van der Waals surface area (Å²) < 4.78 is 0. The highest BCUT2D eigenvalue weighted by Gasteiger charge is 2.16. The minimum absolute atomic E-state index is 0.333. The summed E-state index contributed by atoms with van der Waals surface area (Å²) in [6.45, 7) is 4.94. The molecule has 0 aliphatic carbocycles. The molecule has 3 N–H and O–H groups in total. The van der Waals surface area contributed by atoms with Gasteiger partial charge in [0.25, 0.3) is 0 Å². The first-order chi connectivity index (χ1) is 10.6. The maximum atomic E-state index is 9.85. The van der Waals surface area contributed by atoms with Crippen molar-refractivity contribution in [2.75, 3.05) is 25.4 Å². The summed E-state index contributed by atoms with van der Waals surface area (Å²) in [6, 6.07) is 5.66. The number of aromatic nitrogens is 1. The molecule has 0 saturated heterocycles. The largest absolute Gasteiger partial charge is 0.507 e. The highest BCUT2D eigenvalue weighted by molar-refractivity contribution is 7.15. The third-order valence-electron chi connectivity index (χ3n) is 3.96. The highest BCUT2D eigenvalue weighted by atomic mass is 32.1. The first-order valence-electron chi connectivity index (χ1n) is 7.54. The standard InChI is InChI=1S/C17H21N3OS/c1-12-4-5-15(21)13(11-12)3-2-8-20-9-6-14-16(7-10-20)22-17(18)19-14/h2-5,11,21H,6-10H2,1H3,(H2,18,19)/b3-2+. The number of rotatable bonds is 3. The molecule has 0 bridgehead atoms. The summed E-state index contributed by atoms with van der Waals surface area (Å²) in [4.78, 5) is 8.16. The van der Waals surface area contributed by atoms with Gasteiger partial charge in [0.1, 0.15) is 5.75 Å². The quantitative estimate of drug-likeness (QED) is 0.914. The first kappa shape index (κ1) is 15.1. The van der Waals surface area contributed by atoms with E-state index in [0.717, 1.165) is 43.6 Å². The van der Waals surface area contributed by atoms with Crippen LogP contribution < -0.4 is 5.73 Å². The van der Waals surface area contributed by atoms with Crippen LogP contribution >= 0.6 is 11.3 Å². The van der Waals surface area contributed by atoms with E-state index in [9.17, 15) is 5.11 Å². The predicted octanol–water partition coefficient (Wildman–Crippen LogP) is 2.85. The third kappa shape index (κ3) is 3.48. The van der Waals surface area contributed by atoms with Crippen LogP contribution in [0.2, 0.25) is 0 Å². The molecule has 5 heteroatoms. The zero-order chi connectivity index (χ0) is 15.5. The Morgan fingerprint density at radius 3 is 3.05 bits per heavy atom. The van der Waals surface area contributed by atoms with Gasteiger partial charge in [-0.2, -0.15) is 0 Å². The van der Waals surface area contributed by atoms with Crippen LogP contribution in [-0.2, 0) is 12.8 Å². The zero-order valence-electron chi connectivity index (χ0n) is 12.7. The molecular weight excluding hydrogens is 294 g/mol. The summed E-state index contributed by atoms with van der Waals surface area (Å²) in [6.07, 6.45) is 6.11. The van der Waals surface area contributed by atoms with Crippen molar-refractivity contribution in [3.05, 3.63) is 46.0 Å². The number of aromatic hydroxyl groups is 1. The van der Waals surface area contributed by atoms with E-state index >= 15 is 0 Å². The Balaban J connectivity index is 1.59. The van der Waals surface area contributed by atoms with Gasteiger partial charge >= 0.3 is 0 Å². The van der Waals surface area contributed by atoms with Crippen LogP contribution in [0.3, 0.4) is 0 Å². The molecule has 0 radical (unpaired) electrons. The Kier molecular flexibility index (Phi) is 4.45. The fraction of sp³-hybridized carbons (Fsp3) is 0.353. The highest BCUT2D eigenvalue weighted by Crippen LogP contribution is 2.24. The van der Waals surface area contributed by atoms with Crippen molar-refractivity contribution in [2.45, 2.75) is 19.8 Å². The third-order valence-corrected chi connectivity index (χ3v) is 4.95. The molecule has 2 aromatic rings. The maximum Gasteiger partial charge on any atom is 0.180 e. The summed E-state index contributed by atoms with van der Waals surface area (Å²) in [5.41, 5.74) is 8.98. The van der Waals surface area contributed by atoms with Gasteiger partial charge in [0.05, 0.1) is 5.69 Å². The Bertz CT molecular complexity index is 668. The van der Waals surface area contributed by atoms with Crippen molar-refractivity contribution in [3.8, 4) is 5.75 Å². The number of benzene rings is 1. The van der Waals surface area contributed by atoms with Gasteiger partial charge in [-0.05, 0) is 25.5 Å². The van der Waals surface area contributed by atoms with Gasteiger partial charge in [-0.25, -0.2) is 4.98 Å². The lowest BCUT2D eigenvalue weighted by Crippen LogP contribution is -2.26. The smallest absolute Gasteiger partial charge is 0.180 e. The van der Waals surface area contributed by atoms with E-state index in [-0.39, 0.29) is 0 Å². The monoisotopic (exact) mass is 315 g/mol. The molecule has 0 fully saturated rings. The van der Waals surface area contributed by atoms with Crippen LogP contribution in [0.5, 0.6) is 5.75 Å². The average Bonchev–Trinajstić information content (AvgIpc) is 2.75. The predicted molar refractivity (Wildman–Crippen MR) is 92.3 cm³/mol. The number of thiazole rings is 1. The van der Waals surface area contributed by atoms with Crippen LogP contribution in [0.15, 0.2) is 24.3 Å². The Labute approximate surface area is 134 Å². The van der Waals surface area contributed by atoms with E-state index in [4.69, 9.17) is 5.73 Å². The number of nitrogens with two attached hydrogens (primary N) is 1. The number of anilines is 1. The van der Waals surface area contributed by atoms with Crippen molar-refractivity contribution in [2.24, 2.45) is 0 Å². The van der Waals surface area contributed by atoms with E-state index < -0.39 is 0 Å². The fourth-order valence-electron chi connectivity index (χ4n) is 2.75. The second-order valence-corrected chi connectivity index (χ2v) is 6.80. The lowest BCUT2D eigenvalue weighted by Gasteiger charge is -2.17. The summed E-state index contributed by atoms with van der Waals surface area (Å²) >= 11 is 1.62. The summed E-state index contributed by atoms with van der Waals surface area (Å²) in [7, 11) is 0. The van der Waals surface area contributed by atoms with Crippen LogP contribution in [0, 0.1) is 6.92 Å². The second-order valence-electron chi connectivity index (χ2n) is 5.69. The van der Waals surface area contributed by atoms with Crippen LogP contribution in [0.1, 0.15) is 21.7 Å². The molecule has 3 rings (SSSR count). The Morgan fingerprint density at radius 1 is 1.36 bits per heavy atom. The molecule has 116 valence electrons. The SMILES string of the molecule is Cc1ccc(O)c(/C=C/CN2CCc3nc(N)sc3CC2)c1. The van der Waals surface area contributed by atoms with Gasteiger partial charge in [0.15, 0.2) is 5.13 Å². The summed E-state index contributed by atoms with van der Waals surface area (Å²) in [5.74, 6) is 0.333. The molecule has 0 unspecified atom stereocenters. The van der Waals surface area contributed by atoms with Crippen molar-refractivity contribution in [1.82, 2.24) is 9.88 Å². The number of aryl methyl sites for hydroxylation is 1. The minimum atomic E-state index is 0.333. The van der Waals surface area contributed by atoms with Crippen molar-refractivity contribution in [3.63, 3.8) is 0 Å². The van der Waals surface area contributed by atoms with Gasteiger partial charge in [-0.1, -0.05) is 23.8 Å². The lowest BCUT2D eigenvalue weighted by molar-refractivity contribution is 0.318. The number of hydrogen-bond donors (Lipinski definition) is 2. The van der Waals surface area contributed by atoms with Gasteiger partial charge in [-0.15, -0.1) is 11.3 Å². The molecule has 2 heterocycles. The van der Waals surface area contributed by atoms with E-state index in [1.54, 1.807) is 17.4 Å². The molecule has 4 nitrogen and oxygen atoms in total. The molecule has 0 saturated carbocycles. The normalized spacial score (nSPS) is 15.9. The van der Waals surface area contributed by atoms with Crippen molar-refractivity contribution >= 4 is 22.5 Å². The molecule has 1 aliphatic heterocycles. The fourth-order valence-corrected chi connectivity index (χ4v) is 3.62. The van der Waals surface area contributed by atoms with E-state index in [0.29, 0.717) is 10.9 Å². The number of nitrogens with zero attached hydrogens (tertiary/aromatic N) is 2. The maximum absolute atomic E-state index is 9.85. The number of phenols is 1. The number of nitrogen functional groups attached to an aromatic ring is 1. The lowest BCUT2D eigenvalue weighted by atomic mass is 10.1. The number of hydrogen-bond acceptors (Lipinski definition) is 5. The average molecular weight is 315 g/mol. The minimum Gasteiger partial charge on any atom is -0.507 e. The van der Waals surface area contributed by atoms with Gasteiger partial charge < -0.3 is 10.8 Å². The molecule has 0 amide bonds. The molecule has 1 aromatic heterocycles. The molecule has 0 spiro atoms. The van der Waals surface area contributed by atoms with Gasteiger partial charge in [0.2, 0.25) is 0 Å². The van der Waals surface area contributed by atoms with E-state index in [1.807, 2.05) is 25.1 Å². The van der Waals surface area contributed by atoms with E-state index in [1.165, 1.54) is 10.6 Å². The van der Waals surface area contributed by atoms with Crippen LogP contribution in [0.25, 0.3) is 6.08 Å². The molecular formula is C17H21N3OS. The van der Waals surface area contributed by atoms with Gasteiger partial charge in [0, 0.05) is 36.5 Å². The Hall–Kier alpha value is -1.85.